The Morgan fingerprint density at radius 3 is 1.26 bits per heavy atom. The first-order valence-electron chi connectivity index (χ1n) is 24.9. The summed E-state index contributed by atoms with van der Waals surface area (Å²) in [5.74, 6) is 0. The van der Waals surface area contributed by atoms with Gasteiger partial charge in [-0.25, -0.2) is 0 Å². The lowest BCUT2D eigenvalue weighted by atomic mass is 9.33. The number of benzene rings is 11. The van der Waals surface area contributed by atoms with Crippen molar-refractivity contribution in [2.75, 3.05) is 9.80 Å². The molecule has 338 valence electrons. The summed E-state index contributed by atoms with van der Waals surface area (Å²) in [6.07, 6.45) is 0. The molecule has 0 N–H and O–H groups in total. The summed E-state index contributed by atoms with van der Waals surface area (Å²) in [4.78, 5) is 5.38. The molecule has 0 aliphatic carbocycles. The minimum absolute atomic E-state index is 0.123. The van der Waals surface area contributed by atoms with E-state index in [9.17, 15) is 0 Å². The molecule has 0 unspecified atom stereocenters. The Morgan fingerprint density at radius 2 is 0.726 bits per heavy atom. The van der Waals surface area contributed by atoms with Gasteiger partial charge >= 0.3 is 0 Å². The molecule has 73 heavy (non-hydrogen) atoms. The fourth-order valence-electron chi connectivity index (χ4n) is 12.8. The molecule has 2 aliphatic heterocycles. The van der Waals surface area contributed by atoms with Crippen LogP contribution >= 0.6 is 34.0 Å². The van der Waals surface area contributed by atoms with E-state index < -0.39 is 0 Å². The number of hydrogen-bond acceptors (Lipinski definition) is 6. The van der Waals surface area contributed by atoms with E-state index >= 15 is 0 Å². The average Bonchev–Trinajstić information content (AvgIpc) is 4.23. The van der Waals surface area contributed by atoms with E-state index in [2.05, 4.69) is 234 Å². The van der Waals surface area contributed by atoms with E-state index in [4.69, 9.17) is 4.42 Å². The van der Waals surface area contributed by atoms with Crippen LogP contribution < -0.4 is 26.2 Å². The van der Waals surface area contributed by atoms with Gasteiger partial charge in [0.2, 0.25) is 0 Å². The highest BCUT2D eigenvalue weighted by molar-refractivity contribution is 7.27. The van der Waals surface area contributed by atoms with Crippen LogP contribution in [-0.4, -0.2) is 6.71 Å². The number of furan rings is 1. The van der Waals surface area contributed by atoms with Gasteiger partial charge < -0.3 is 14.2 Å². The van der Waals surface area contributed by atoms with E-state index in [1.807, 2.05) is 34.0 Å². The monoisotopic (exact) mass is 980 g/mol. The summed E-state index contributed by atoms with van der Waals surface area (Å²) in [6, 6.07) is 83.8. The molecule has 0 saturated carbocycles. The Hall–Kier alpha value is -8.46. The standard InChI is InChI=1S/C66H37BN2OS3/c1-3-16-38(17-4-1)40-30-35-55-59(43-21-8-12-27-52(43)71-55)63(40)68-48-24-15-25-49-62(48)67(46-32-34-51-58(65(46)68)42-20-7-11-26-50(42)70-51)47-33-37-57-61(45-23-10-14-29-54(45)73-57)66(47)69(49)64-41(39-18-5-2-6-19-39)31-36-56-60(64)44-22-9-13-28-53(44)72-56/h1-37H. The van der Waals surface area contributed by atoms with Crippen LogP contribution in [0.1, 0.15) is 0 Å². The molecule has 15 aromatic rings. The highest BCUT2D eigenvalue weighted by atomic mass is 32.1. The van der Waals surface area contributed by atoms with Gasteiger partial charge in [-0.05, 0) is 88.2 Å². The average molecular weight is 981 g/mol. The molecule has 0 amide bonds. The van der Waals surface area contributed by atoms with Gasteiger partial charge in [-0.3, -0.25) is 0 Å². The second kappa shape index (κ2) is 15.0. The van der Waals surface area contributed by atoms with Crippen LogP contribution in [0, 0.1) is 0 Å². The summed E-state index contributed by atoms with van der Waals surface area (Å²) in [6.45, 7) is -0.123. The first-order chi connectivity index (χ1) is 36.2. The number of nitrogens with zero attached hydrogens (tertiary/aromatic N) is 2. The zero-order valence-electron chi connectivity index (χ0n) is 39.0. The highest BCUT2D eigenvalue weighted by Crippen LogP contribution is 2.57. The van der Waals surface area contributed by atoms with Crippen LogP contribution in [0.4, 0.5) is 34.1 Å². The third-order valence-electron chi connectivity index (χ3n) is 15.6. The lowest BCUT2D eigenvalue weighted by Crippen LogP contribution is -2.61. The molecule has 11 aromatic carbocycles. The van der Waals surface area contributed by atoms with Crippen molar-refractivity contribution in [1.29, 1.82) is 0 Å². The van der Waals surface area contributed by atoms with Gasteiger partial charge in [-0.15, -0.1) is 34.0 Å². The maximum absolute atomic E-state index is 6.89. The van der Waals surface area contributed by atoms with Gasteiger partial charge in [0, 0.05) is 88.4 Å². The first-order valence-corrected chi connectivity index (χ1v) is 27.3. The van der Waals surface area contributed by atoms with Gasteiger partial charge in [-0.1, -0.05) is 164 Å². The predicted octanol–water partition coefficient (Wildman–Crippen LogP) is 18.1. The Kier molecular flexibility index (Phi) is 8.28. The maximum Gasteiger partial charge on any atom is 0.252 e. The topological polar surface area (TPSA) is 19.6 Å². The molecule has 0 radical (unpaired) electrons. The van der Waals surface area contributed by atoms with Gasteiger partial charge in [0.05, 0.1) is 28.1 Å². The molecule has 2 aliphatic rings. The van der Waals surface area contributed by atoms with E-state index in [1.165, 1.54) is 133 Å². The molecule has 3 nitrogen and oxygen atoms in total. The molecule has 0 saturated heterocycles. The molecule has 0 atom stereocenters. The molecule has 4 aromatic heterocycles. The normalized spacial score (nSPS) is 13.1. The summed E-state index contributed by atoms with van der Waals surface area (Å²) < 4.78 is 14.6. The molecular weight excluding hydrogens is 944 g/mol. The van der Waals surface area contributed by atoms with E-state index in [-0.39, 0.29) is 6.71 Å². The lowest BCUT2D eigenvalue weighted by molar-refractivity contribution is 0.669. The highest BCUT2D eigenvalue weighted by Gasteiger charge is 2.46. The predicted molar refractivity (Wildman–Crippen MR) is 317 cm³/mol. The van der Waals surface area contributed by atoms with Crippen molar-refractivity contribution in [3.05, 3.63) is 224 Å². The summed E-state index contributed by atoms with van der Waals surface area (Å²) in [7, 11) is 0. The maximum atomic E-state index is 6.89. The molecule has 0 bridgehead atoms. The van der Waals surface area contributed by atoms with E-state index in [0.29, 0.717) is 0 Å². The van der Waals surface area contributed by atoms with Crippen molar-refractivity contribution < 1.29 is 4.42 Å². The Labute approximate surface area is 431 Å². The van der Waals surface area contributed by atoms with Crippen LogP contribution in [0.5, 0.6) is 0 Å². The smallest absolute Gasteiger partial charge is 0.252 e. The minimum Gasteiger partial charge on any atom is -0.456 e. The van der Waals surface area contributed by atoms with Crippen LogP contribution in [0.15, 0.2) is 229 Å². The number of anilines is 6. The quantitative estimate of drug-likeness (QED) is 0.164. The van der Waals surface area contributed by atoms with E-state index in [1.54, 1.807) is 0 Å². The number of thiophene rings is 3. The zero-order chi connectivity index (χ0) is 47.5. The Balaban J connectivity index is 1.09. The fraction of sp³-hybridized carbons (Fsp3) is 0. The second-order valence-electron chi connectivity index (χ2n) is 19.4. The second-order valence-corrected chi connectivity index (χ2v) is 22.6. The van der Waals surface area contributed by atoms with Crippen LogP contribution in [0.3, 0.4) is 0 Å². The molecular formula is C66H37BN2OS3. The molecule has 0 spiro atoms. The molecule has 0 fully saturated rings. The number of hydrogen-bond donors (Lipinski definition) is 0. The Bertz CT molecular complexity index is 4530. The van der Waals surface area contributed by atoms with Crippen LogP contribution in [-0.2, 0) is 0 Å². The first kappa shape index (κ1) is 40.2. The number of rotatable bonds is 4. The third-order valence-corrected chi connectivity index (χ3v) is 19.1. The lowest BCUT2D eigenvalue weighted by Gasteiger charge is -2.45. The van der Waals surface area contributed by atoms with Crippen molar-refractivity contribution >= 4 is 174 Å². The molecule has 6 heterocycles. The van der Waals surface area contributed by atoms with Gasteiger partial charge in [0.15, 0.2) is 0 Å². The van der Waals surface area contributed by atoms with Gasteiger partial charge in [0.25, 0.3) is 6.71 Å². The third kappa shape index (κ3) is 5.48. The fourth-order valence-corrected chi connectivity index (χ4v) is 16.1. The molecule has 17 rings (SSSR count). The van der Waals surface area contributed by atoms with Crippen molar-refractivity contribution in [1.82, 2.24) is 0 Å². The van der Waals surface area contributed by atoms with Gasteiger partial charge in [-0.2, -0.15) is 0 Å². The number of para-hydroxylation sites is 1. The Morgan fingerprint density at radius 1 is 0.301 bits per heavy atom. The molecule has 7 heteroatoms. The minimum atomic E-state index is -0.123. The summed E-state index contributed by atoms with van der Waals surface area (Å²) in [5.41, 5.74) is 17.5. The van der Waals surface area contributed by atoms with Crippen LogP contribution in [0.25, 0.3) is 105 Å². The van der Waals surface area contributed by atoms with Crippen molar-refractivity contribution in [2.24, 2.45) is 0 Å². The van der Waals surface area contributed by atoms with Crippen molar-refractivity contribution in [3.8, 4) is 22.3 Å². The number of fused-ring (bicyclic) bond motifs is 18. The van der Waals surface area contributed by atoms with Crippen molar-refractivity contribution in [2.45, 2.75) is 0 Å². The van der Waals surface area contributed by atoms with Crippen molar-refractivity contribution in [3.63, 3.8) is 0 Å². The SMILES string of the molecule is c1ccc(-c2ccc3sc4ccccc4c3c2N2c3cccc4c3B(c3ccc5oc6ccccc6c5c32)c2ccc3sc5ccccc5c3c2N4c2c(-c3ccccc3)ccc3sc4ccccc4c23)cc1. The summed E-state index contributed by atoms with van der Waals surface area (Å²) in [5, 5.41) is 9.89. The van der Waals surface area contributed by atoms with Crippen LogP contribution in [0.2, 0.25) is 0 Å². The summed E-state index contributed by atoms with van der Waals surface area (Å²) >= 11 is 5.66. The van der Waals surface area contributed by atoms with E-state index in [0.717, 1.165) is 21.9 Å². The van der Waals surface area contributed by atoms with Gasteiger partial charge in [0.1, 0.15) is 11.2 Å². The zero-order valence-corrected chi connectivity index (χ0v) is 41.4. The largest absolute Gasteiger partial charge is 0.456 e.